The maximum absolute atomic E-state index is 12.4. The highest BCUT2D eigenvalue weighted by Gasteiger charge is 2.27. The van der Waals surface area contributed by atoms with E-state index >= 15 is 0 Å². The number of carbonyl (C=O) groups is 1. The number of alkyl halides is 3. The largest absolute Gasteiger partial charge is 0.477 e. The fourth-order valence-corrected chi connectivity index (χ4v) is 0.616. The average Bonchev–Trinajstić information content (AvgIpc) is 2.00. The third kappa shape index (κ3) is 2.91. The normalized spacial score (nSPS) is 15.8. The number of carboxylic acid groups (broad SMARTS) is 1. The van der Waals surface area contributed by atoms with E-state index in [0.29, 0.717) is 0 Å². The maximum atomic E-state index is 12.4. The fraction of sp³-hybridized carbons (Fsp3) is 0.400. The molecule has 0 aliphatic carbocycles. The lowest BCUT2D eigenvalue weighted by molar-refractivity contribution is -0.132. The first-order chi connectivity index (χ1) is 5.37. The van der Waals surface area contributed by atoms with Gasteiger partial charge < -0.3 is 5.11 Å². The Kier molecular flexibility index (Phi) is 4.41. The summed E-state index contributed by atoms with van der Waals surface area (Å²) in [5, 5.41) is 4.41. The summed E-state index contributed by atoms with van der Waals surface area (Å²) < 4.78 is 35.7. The molecule has 0 radical (unpaired) electrons. The summed E-state index contributed by atoms with van der Waals surface area (Å²) in [5.74, 6) is -3.57. The summed E-state index contributed by atoms with van der Waals surface area (Å²) in [4.78, 5) is 9.93. The van der Waals surface area contributed by atoms with Gasteiger partial charge in [-0.15, -0.1) is 11.6 Å². The number of allylic oxidation sites excluding steroid dienone is 1. The molecule has 0 aromatic rings. The number of carboxylic acids is 1. The van der Waals surface area contributed by atoms with Crippen molar-refractivity contribution in [2.75, 3.05) is 0 Å². The Bertz CT molecular complexity index is 217. The average molecular weight is 223 g/mol. The van der Waals surface area contributed by atoms with Gasteiger partial charge in [0.05, 0.1) is 0 Å². The van der Waals surface area contributed by atoms with Crippen LogP contribution in [-0.4, -0.2) is 22.9 Å². The van der Waals surface area contributed by atoms with E-state index in [1.54, 1.807) is 0 Å². The molecule has 0 spiro atoms. The minimum Gasteiger partial charge on any atom is -0.477 e. The van der Waals surface area contributed by atoms with Crippen molar-refractivity contribution in [1.29, 1.82) is 0 Å². The van der Waals surface area contributed by atoms with Crippen molar-refractivity contribution in [3.05, 3.63) is 10.9 Å². The lowest BCUT2D eigenvalue weighted by atomic mass is 10.3. The lowest BCUT2D eigenvalue weighted by Crippen LogP contribution is -2.14. The van der Waals surface area contributed by atoms with Crippen LogP contribution in [0.5, 0.6) is 0 Å². The maximum Gasteiger partial charge on any atom is 0.350 e. The van der Waals surface area contributed by atoms with Crippen LogP contribution in [-0.2, 0) is 4.79 Å². The minimum absolute atomic E-state index is 1.32. The van der Waals surface area contributed by atoms with Crippen LogP contribution in [0.2, 0.25) is 0 Å². The molecule has 0 aromatic heterocycles. The van der Waals surface area contributed by atoms with Crippen LogP contribution in [0.1, 0.15) is 0 Å². The molecule has 2 nitrogen and oxygen atoms in total. The number of hydrogen-bond acceptors (Lipinski definition) is 1. The number of hydrogen-bond donors (Lipinski definition) is 1. The standard InChI is InChI=1S/C5H3Cl2F3O2/c6-1(4(9)10)3(8)2(7)5(11)12/h1,4H,(H,11,12)/b3-2+. The highest BCUT2D eigenvalue weighted by Crippen LogP contribution is 2.24. The Morgan fingerprint density at radius 3 is 2.08 bits per heavy atom. The molecule has 0 fully saturated rings. The first kappa shape index (κ1) is 11.6. The third-order valence-corrected chi connectivity index (χ3v) is 1.59. The Balaban J connectivity index is 4.66. The zero-order valence-electron chi connectivity index (χ0n) is 5.40. The van der Waals surface area contributed by atoms with Gasteiger partial charge in [-0.05, 0) is 0 Å². The Morgan fingerprint density at radius 1 is 1.42 bits per heavy atom. The van der Waals surface area contributed by atoms with Crippen molar-refractivity contribution in [2.45, 2.75) is 11.8 Å². The molecule has 0 amide bonds. The van der Waals surface area contributed by atoms with E-state index in [2.05, 4.69) is 0 Å². The van der Waals surface area contributed by atoms with Crippen LogP contribution in [0.15, 0.2) is 10.9 Å². The van der Waals surface area contributed by atoms with Gasteiger partial charge in [-0.3, -0.25) is 0 Å². The molecule has 12 heavy (non-hydrogen) atoms. The molecule has 0 aliphatic heterocycles. The molecule has 0 rings (SSSR count). The first-order valence-corrected chi connectivity index (χ1v) is 3.40. The molecule has 0 aliphatic rings. The predicted molar refractivity (Wildman–Crippen MR) is 37.3 cm³/mol. The van der Waals surface area contributed by atoms with Crippen molar-refractivity contribution in [1.82, 2.24) is 0 Å². The monoisotopic (exact) mass is 222 g/mol. The highest BCUT2D eigenvalue weighted by molar-refractivity contribution is 6.41. The van der Waals surface area contributed by atoms with Gasteiger partial charge in [0.1, 0.15) is 11.2 Å². The molecule has 0 aromatic carbocycles. The Morgan fingerprint density at radius 2 is 1.83 bits per heavy atom. The molecule has 0 saturated heterocycles. The first-order valence-electron chi connectivity index (χ1n) is 2.58. The van der Waals surface area contributed by atoms with Gasteiger partial charge in [0.15, 0.2) is 5.03 Å². The zero-order chi connectivity index (χ0) is 9.89. The lowest BCUT2D eigenvalue weighted by Gasteiger charge is -2.05. The van der Waals surface area contributed by atoms with Crippen molar-refractivity contribution in [3.63, 3.8) is 0 Å². The van der Waals surface area contributed by atoms with E-state index in [9.17, 15) is 18.0 Å². The van der Waals surface area contributed by atoms with E-state index in [0.717, 1.165) is 0 Å². The molecule has 0 saturated carbocycles. The van der Waals surface area contributed by atoms with Crippen LogP contribution >= 0.6 is 23.2 Å². The Hall–Kier alpha value is -0.420. The second-order valence-corrected chi connectivity index (χ2v) is 2.55. The van der Waals surface area contributed by atoms with E-state index in [1.807, 2.05) is 0 Å². The summed E-state index contributed by atoms with van der Waals surface area (Å²) >= 11 is 9.57. The summed E-state index contributed by atoms with van der Waals surface area (Å²) in [7, 11) is 0. The van der Waals surface area contributed by atoms with Gasteiger partial charge in [0.2, 0.25) is 0 Å². The molecular formula is C5H3Cl2F3O2. The number of aliphatic carboxylic acids is 1. The van der Waals surface area contributed by atoms with Crippen molar-refractivity contribution in [2.24, 2.45) is 0 Å². The van der Waals surface area contributed by atoms with Crippen LogP contribution in [0, 0.1) is 0 Å². The van der Waals surface area contributed by atoms with E-state index in [4.69, 9.17) is 28.3 Å². The summed E-state index contributed by atoms with van der Waals surface area (Å²) in [6.45, 7) is 0. The van der Waals surface area contributed by atoms with Crippen molar-refractivity contribution in [3.8, 4) is 0 Å². The van der Waals surface area contributed by atoms with Crippen molar-refractivity contribution < 1.29 is 23.1 Å². The van der Waals surface area contributed by atoms with E-state index < -0.39 is 28.6 Å². The van der Waals surface area contributed by atoms with Crippen LogP contribution in [0.4, 0.5) is 13.2 Å². The second-order valence-electron chi connectivity index (χ2n) is 1.70. The summed E-state index contributed by atoms with van der Waals surface area (Å²) in [5.41, 5.74) is 0. The van der Waals surface area contributed by atoms with Gasteiger partial charge in [-0.1, -0.05) is 11.6 Å². The van der Waals surface area contributed by atoms with Crippen molar-refractivity contribution >= 4 is 29.2 Å². The summed E-state index contributed by atoms with van der Waals surface area (Å²) in [6.07, 6.45) is -3.19. The van der Waals surface area contributed by atoms with Crippen LogP contribution in [0.25, 0.3) is 0 Å². The van der Waals surface area contributed by atoms with Gasteiger partial charge >= 0.3 is 5.97 Å². The highest BCUT2D eigenvalue weighted by atomic mass is 35.5. The molecule has 1 unspecified atom stereocenters. The molecule has 1 N–H and O–H groups in total. The van der Waals surface area contributed by atoms with Gasteiger partial charge in [-0.25, -0.2) is 18.0 Å². The van der Waals surface area contributed by atoms with Crippen LogP contribution < -0.4 is 0 Å². The Labute approximate surface area is 75.6 Å². The number of halogens is 5. The summed E-state index contributed by atoms with van der Waals surface area (Å²) in [6, 6.07) is 0. The SMILES string of the molecule is O=C(O)/C(Cl)=C(\F)C(Cl)C(F)F. The molecule has 0 heterocycles. The van der Waals surface area contributed by atoms with Gasteiger partial charge in [-0.2, -0.15) is 0 Å². The van der Waals surface area contributed by atoms with E-state index in [1.165, 1.54) is 0 Å². The molecule has 70 valence electrons. The van der Waals surface area contributed by atoms with E-state index in [-0.39, 0.29) is 0 Å². The molecule has 1 atom stereocenters. The fourth-order valence-electron chi connectivity index (χ4n) is 0.334. The van der Waals surface area contributed by atoms with Crippen LogP contribution in [0.3, 0.4) is 0 Å². The quantitative estimate of drug-likeness (QED) is 0.588. The topological polar surface area (TPSA) is 37.3 Å². The second kappa shape index (κ2) is 4.57. The van der Waals surface area contributed by atoms with Gasteiger partial charge in [0.25, 0.3) is 6.43 Å². The molecule has 0 bridgehead atoms. The molecule has 7 heteroatoms. The zero-order valence-corrected chi connectivity index (χ0v) is 6.91. The number of rotatable bonds is 3. The minimum atomic E-state index is -3.19. The molecular weight excluding hydrogens is 220 g/mol. The third-order valence-electron chi connectivity index (χ3n) is 0.861. The van der Waals surface area contributed by atoms with Gasteiger partial charge in [0, 0.05) is 0 Å². The smallest absolute Gasteiger partial charge is 0.350 e. The predicted octanol–water partition coefficient (Wildman–Crippen LogP) is 2.36.